The monoisotopic (exact) mass is 274 g/mol. The van der Waals surface area contributed by atoms with E-state index >= 15 is 0 Å². The molecule has 1 aromatic heterocycles. The van der Waals surface area contributed by atoms with Gasteiger partial charge in [0.15, 0.2) is 0 Å². The van der Waals surface area contributed by atoms with Crippen LogP contribution in [0.2, 0.25) is 0 Å². The summed E-state index contributed by atoms with van der Waals surface area (Å²) in [6.45, 7) is 8.95. The topological polar surface area (TPSA) is 17.8 Å². The molecule has 3 heteroatoms. The molecular formula is C16H22N2S. The highest BCUT2D eigenvalue weighted by Gasteiger charge is 2.14. The number of thioether (sulfide) groups is 1. The Balaban J connectivity index is 2.15. The summed E-state index contributed by atoms with van der Waals surface area (Å²) in [5.41, 5.74) is 4.22. The molecule has 2 rings (SSSR count). The van der Waals surface area contributed by atoms with Crippen LogP contribution in [0.5, 0.6) is 0 Å². The first-order chi connectivity index (χ1) is 8.86. The van der Waals surface area contributed by atoms with Crippen molar-refractivity contribution < 1.29 is 0 Å². The summed E-state index contributed by atoms with van der Waals surface area (Å²) in [5, 5.41) is 4.21. The quantitative estimate of drug-likeness (QED) is 0.776. The van der Waals surface area contributed by atoms with Gasteiger partial charge in [-0.1, -0.05) is 32.9 Å². The zero-order chi connectivity index (χ0) is 14.0. The van der Waals surface area contributed by atoms with Crippen LogP contribution in [0, 0.1) is 6.92 Å². The molecule has 2 aromatic rings. The third kappa shape index (κ3) is 3.63. The molecule has 0 atom stereocenters. The first-order valence-corrected chi connectivity index (χ1v) is 7.56. The van der Waals surface area contributed by atoms with E-state index in [-0.39, 0.29) is 5.41 Å². The van der Waals surface area contributed by atoms with Gasteiger partial charge in [0.1, 0.15) is 0 Å². The van der Waals surface area contributed by atoms with Crippen molar-refractivity contribution in [3.63, 3.8) is 0 Å². The van der Waals surface area contributed by atoms with Crippen LogP contribution in [0.1, 0.15) is 37.5 Å². The van der Waals surface area contributed by atoms with E-state index < -0.39 is 0 Å². The summed E-state index contributed by atoms with van der Waals surface area (Å²) in [5.74, 6) is 0.974. The molecular weight excluding hydrogens is 252 g/mol. The summed E-state index contributed by atoms with van der Waals surface area (Å²) in [6, 6.07) is 6.80. The van der Waals surface area contributed by atoms with Crippen LogP contribution < -0.4 is 0 Å². The van der Waals surface area contributed by atoms with Crippen molar-refractivity contribution in [3.8, 4) is 0 Å². The van der Waals surface area contributed by atoms with Gasteiger partial charge in [-0.2, -0.15) is 5.10 Å². The molecule has 0 bridgehead atoms. The minimum absolute atomic E-state index is 0.206. The number of hydrogen-bond acceptors (Lipinski definition) is 2. The fourth-order valence-corrected chi connectivity index (χ4v) is 2.91. The first-order valence-electron chi connectivity index (χ1n) is 6.58. The Bertz CT molecular complexity index is 564. The molecule has 0 aliphatic carbocycles. The Kier molecular flexibility index (Phi) is 4.04. The van der Waals surface area contributed by atoms with Crippen LogP contribution >= 0.6 is 11.8 Å². The second-order valence-electron chi connectivity index (χ2n) is 6.04. The van der Waals surface area contributed by atoms with Gasteiger partial charge in [0, 0.05) is 29.5 Å². The molecule has 0 fully saturated rings. The van der Waals surface area contributed by atoms with Crippen LogP contribution in [0.4, 0.5) is 0 Å². The lowest BCUT2D eigenvalue weighted by Crippen LogP contribution is -2.11. The van der Waals surface area contributed by atoms with Crippen LogP contribution in [-0.2, 0) is 18.2 Å². The fraction of sp³-hybridized carbons (Fsp3) is 0.438. The average molecular weight is 274 g/mol. The zero-order valence-corrected chi connectivity index (χ0v) is 13.2. The Morgan fingerprint density at radius 1 is 1.26 bits per heavy atom. The highest BCUT2D eigenvalue weighted by molar-refractivity contribution is 7.98. The van der Waals surface area contributed by atoms with E-state index in [1.165, 1.54) is 21.6 Å². The second-order valence-corrected chi connectivity index (χ2v) is 7.06. The lowest BCUT2D eigenvalue weighted by molar-refractivity contribution is 0.588. The van der Waals surface area contributed by atoms with E-state index in [0.717, 1.165) is 5.75 Å². The highest BCUT2D eigenvalue weighted by atomic mass is 32.2. The zero-order valence-electron chi connectivity index (χ0n) is 12.4. The van der Waals surface area contributed by atoms with Gasteiger partial charge in [-0.25, -0.2) is 0 Å². The van der Waals surface area contributed by atoms with Gasteiger partial charge in [0.05, 0.1) is 6.20 Å². The maximum atomic E-state index is 4.21. The van der Waals surface area contributed by atoms with Gasteiger partial charge >= 0.3 is 0 Å². The minimum Gasteiger partial charge on any atom is -0.276 e. The van der Waals surface area contributed by atoms with Crippen LogP contribution in [0.25, 0.3) is 0 Å². The lowest BCUT2D eigenvalue weighted by atomic mass is 9.87. The van der Waals surface area contributed by atoms with Gasteiger partial charge in [-0.05, 0) is 29.5 Å². The van der Waals surface area contributed by atoms with Crippen LogP contribution in [0.3, 0.4) is 0 Å². The Morgan fingerprint density at radius 3 is 2.58 bits per heavy atom. The van der Waals surface area contributed by atoms with E-state index in [1.807, 2.05) is 29.7 Å². The molecule has 0 N–H and O–H groups in total. The number of nitrogens with zero attached hydrogens (tertiary/aromatic N) is 2. The Labute approximate surface area is 120 Å². The summed E-state index contributed by atoms with van der Waals surface area (Å²) in [4.78, 5) is 1.37. The predicted octanol–water partition coefficient (Wildman–Crippen LogP) is 4.32. The fourth-order valence-electron chi connectivity index (χ4n) is 1.93. The van der Waals surface area contributed by atoms with E-state index in [0.29, 0.717) is 0 Å². The van der Waals surface area contributed by atoms with Crippen molar-refractivity contribution in [2.75, 3.05) is 0 Å². The number of benzene rings is 1. The molecule has 1 aromatic carbocycles. The van der Waals surface area contributed by atoms with Gasteiger partial charge in [-0.15, -0.1) is 11.8 Å². The number of aromatic nitrogens is 2. The second kappa shape index (κ2) is 5.41. The summed E-state index contributed by atoms with van der Waals surface area (Å²) in [7, 11) is 1.96. The third-order valence-corrected chi connectivity index (χ3v) is 4.44. The first kappa shape index (κ1) is 14.2. The van der Waals surface area contributed by atoms with Crippen molar-refractivity contribution in [2.45, 2.75) is 43.8 Å². The van der Waals surface area contributed by atoms with Crippen LogP contribution in [-0.4, -0.2) is 9.78 Å². The van der Waals surface area contributed by atoms with E-state index in [9.17, 15) is 0 Å². The standard InChI is InChI=1S/C16H22N2S/c1-12-6-7-14(16(2,3)4)8-15(12)19-11-13-9-17-18(5)10-13/h6-10H,11H2,1-5H3. The maximum absolute atomic E-state index is 4.21. The molecule has 0 spiro atoms. The predicted molar refractivity (Wildman–Crippen MR) is 82.6 cm³/mol. The molecule has 1 heterocycles. The van der Waals surface area contributed by atoms with Crippen molar-refractivity contribution in [2.24, 2.45) is 7.05 Å². The van der Waals surface area contributed by atoms with Gasteiger partial charge < -0.3 is 0 Å². The molecule has 0 radical (unpaired) electrons. The van der Waals surface area contributed by atoms with Crippen molar-refractivity contribution >= 4 is 11.8 Å². The van der Waals surface area contributed by atoms with Gasteiger partial charge in [0.25, 0.3) is 0 Å². The SMILES string of the molecule is Cc1ccc(C(C)(C)C)cc1SCc1cnn(C)c1. The molecule has 0 saturated heterocycles. The maximum Gasteiger partial charge on any atom is 0.0530 e. The van der Waals surface area contributed by atoms with Crippen molar-refractivity contribution in [1.29, 1.82) is 0 Å². The lowest BCUT2D eigenvalue weighted by Gasteiger charge is -2.20. The Morgan fingerprint density at radius 2 is 2.00 bits per heavy atom. The molecule has 0 unspecified atom stereocenters. The summed E-state index contributed by atoms with van der Waals surface area (Å²) < 4.78 is 1.86. The van der Waals surface area contributed by atoms with Crippen molar-refractivity contribution in [3.05, 3.63) is 47.3 Å². The number of rotatable bonds is 3. The summed E-state index contributed by atoms with van der Waals surface area (Å²) in [6.07, 6.45) is 4.02. The van der Waals surface area contributed by atoms with Crippen LogP contribution in [0.15, 0.2) is 35.5 Å². The normalized spacial score (nSPS) is 11.8. The van der Waals surface area contributed by atoms with E-state index in [2.05, 4.69) is 57.2 Å². The van der Waals surface area contributed by atoms with E-state index in [4.69, 9.17) is 0 Å². The number of aryl methyl sites for hydroxylation is 2. The van der Waals surface area contributed by atoms with Gasteiger partial charge in [-0.3, -0.25) is 4.68 Å². The molecule has 19 heavy (non-hydrogen) atoms. The van der Waals surface area contributed by atoms with E-state index in [1.54, 1.807) is 0 Å². The minimum atomic E-state index is 0.206. The largest absolute Gasteiger partial charge is 0.276 e. The highest BCUT2D eigenvalue weighted by Crippen LogP contribution is 2.31. The molecule has 0 aliphatic rings. The Hall–Kier alpha value is -1.22. The molecule has 102 valence electrons. The smallest absolute Gasteiger partial charge is 0.0530 e. The number of hydrogen-bond donors (Lipinski definition) is 0. The molecule has 2 nitrogen and oxygen atoms in total. The molecule has 0 saturated carbocycles. The molecule has 0 amide bonds. The average Bonchev–Trinajstić information content (AvgIpc) is 2.72. The van der Waals surface area contributed by atoms with Gasteiger partial charge in [0.2, 0.25) is 0 Å². The van der Waals surface area contributed by atoms with Crippen molar-refractivity contribution in [1.82, 2.24) is 9.78 Å². The summed E-state index contributed by atoms with van der Waals surface area (Å²) >= 11 is 1.89. The molecule has 0 aliphatic heterocycles. The third-order valence-electron chi connectivity index (χ3n) is 3.21.